The number of carbonyl (C=O) groups is 1. The Morgan fingerprint density at radius 3 is 2.62 bits per heavy atom. The van der Waals surface area contributed by atoms with E-state index in [0.717, 1.165) is 29.4 Å². The number of hydrogen-bond donors (Lipinski definition) is 3. The smallest absolute Gasteiger partial charge is 0.262 e. The van der Waals surface area contributed by atoms with E-state index in [1.165, 1.54) is 5.69 Å². The summed E-state index contributed by atoms with van der Waals surface area (Å²) in [4.78, 5) is 14.5. The van der Waals surface area contributed by atoms with Gasteiger partial charge in [0.05, 0.1) is 12.7 Å². The Labute approximate surface area is 152 Å². The Morgan fingerprint density at radius 2 is 1.96 bits per heavy atom. The van der Waals surface area contributed by atoms with E-state index in [4.69, 9.17) is 5.11 Å². The second-order valence-electron chi connectivity index (χ2n) is 6.39. The first-order chi connectivity index (χ1) is 12.5. The van der Waals surface area contributed by atoms with Crippen molar-refractivity contribution in [1.29, 1.82) is 5.26 Å². The quantitative estimate of drug-likeness (QED) is 0.416. The zero-order chi connectivity index (χ0) is 18.7. The Bertz CT molecular complexity index is 910. The van der Waals surface area contributed by atoms with Crippen LogP contribution >= 0.6 is 0 Å². The number of rotatable bonds is 6. The first kappa shape index (κ1) is 17.9. The average molecular weight is 351 g/mol. The molecule has 26 heavy (non-hydrogen) atoms. The van der Waals surface area contributed by atoms with Crippen LogP contribution in [-0.2, 0) is 4.79 Å². The van der Waals surface area contributed by atoms with Crippen molar-refractivity contribution < 1.29 is 15.0 Å². The molecule has 2 aromatic carbocycles. The van der Waals surface area contributed by atoms with E-state index >= 15 is 0 Å². The van der Waals surface area contributed by atoms with E-state index in [2.05, 4.69) is 22.3 Å². The highest BCUT2D eigenvalue weighted by Crippen LogP contribution is 2.28. The number of aliphatic hydroxyl groups excluding tert-OH is 2. The van der Waals surface area contributed by atoms with Gasteiger partial charge in [-0.3, -0.25) is 4.79 Å². The van der Waals surface area contributed by atoms with Crippen LogP contribution < -0.4 is 10.2 Å². The Kier molecular flexibility index (Phi) is 5.21. The molecule has 1 fully saturated rings. The van der Waals surface area contributed by atoms with Crippen molar-refractivity contribution in [2.75, 3.05) is 31.1 Å². The molecule has 0 aromatic heterocycles. The van der Waals surface area contributed by atoms with Gasteiger partial charge in [-0.2, -0.15) is 5.26 Å². The highest BCUT2D eigenvalue weighted by Gasteiger charge is 2.18. The Balaban J connectivity index is 1.87. The van der Waals surface area contributed by atoms with Crippen molar-refractivity contribution in [3.8, 4) is 6.07 Å². The van der Waals surface area contributed by atoms with Crippen LogP contribution in [0.25, 0.3) is 16.3 Å². The van der Waals surface area contributed by atoms with Crippen LogP contribution in [0, 0.1) is 11.3 Å². The number of nitrogens with zero attached hydrogens (tertiary/aromatic N) is 2. The monoisotopic (exact) mass is 351 g/mol. The fourth-order valence-electron chi connectivity index (χ4n) is 2.78. The van der Waals surface area contributed by atoms with Crippen molar-refractivity contribution >= 4 is 27.9 Å². The van der Waals surface area contributed by atoms with Gasteiger partial charge in [-0.05, 0) is 47.0 Å². The lowest BCUT2D eigenvalue weighted by Gasteiger charge is -2.11. The minimum atomic E-state index is -1.05. The number of fused-ring (bicyclic) bond motifs is 1. The summed E-state index contributed by atoms with van der Waals surface area (Å²) >= 11 is 0. The number of benzene rings is 2. The van der Waals surface area contributed by atoms with Gasteiger partial charge in [-0.25, -0.2) is 0 Å². The topological polar surface area (TPSA) is 96.4 Å². The number of allylic oxidation sites excluding steroid dienone is 1. The first-order valence-electron chi connectivity index (χ1n) is 8.50. The van der Waals surface area contributed by atoms with Crippen LogP contribution in [0.1, 0.15) is 12.5 Å². The molecule has 1 atom stereocenters. The maximum Gasteiger partial charge on any atom is 0.262 e. The van der Waals surface area contributed by atoms with Crippen LogP contribution in [-0.4, -0.2) is 48.5 Å². The fraction of sp³-hybridized carbons (Fsp3) is 0.300. The molecule has 1 heterocycles. The molecule has 1 saturated heterocycles. The number of carbonyl (C=O) groups excluding carboxylic acids is 1. The molecule has 1 aliphatic heterocycles. The van der Waals surface area contributed by atoms with Crippen molar-refractivity contribution in [3.63, 3.8) is 0 Å². The molecule has 134 valence electrons. The minimum Gasteiger partial charge on any atom is -0.394 e. The number of amides is 1. The van der Waals surface area contributed by atoms with E-state index in [1.807, 2.05) is 30.3 Å². The summed E-state index contributed by atoms with van der Waals surface area (Å²) in [5.41, 5.74) is 2.57. The molecule has 3 N–H and O–H groups in total. The number of anilines is 1. The molecular formula is C20H21N3O3. The number of aliphatic hydroxyl groups is 2. The number of nitriles is 1. The predicted octanol–water partition coefficient (Wildman–Crippen LogP) is 1.43. The lowest BCUT2D eigenvalue weighted by molar-refractivity contribution is -0.117. The molecule has 0 saturated carbocycles. The summed E-state index contributed by atoms with van der Waals surface area (Å²) in [6.07, 6.45) is -1.05. The van der Waals surface area contributed by atoms with Gasteiger partial charge in [0.15, 0.2) is 0 Å². The highest BCUT2D eigenvalue weighted by molar-refractivity contribution is 6.05. The molecule has 0 spiro atoms. The maximum absolute atomic E-state index is 12.2. The second-order valence-corrected chi connectivity index (χ2v) is 6.39. The molecule has 1 amide bonds. The Hall–Kier alpha value is -2.88. The van der Waals surface area contributed by atoms with Gasteiger partial charge >= 0.3 is 0 Å². The number of hydrogen-bond acceptors (Lipinski definition) is 5. The molecule has 2 aromatic rings. The third-order valence-corrected chi connectivity index (χ3v) is 4.49. The van der Waals surface area contributed by atoms with Crippen molar-refractivity contribution in [1.82, 2.24) is 5.32 Å². The van der Waals surface area contributed by atoms with E-state index < -0.39 is 18.6 Å². The second kappa shape index (κ2) is 7.56. The fourth-order valence-corrected chi connectivity index (χ4v) is 2.78. The molecule has 0 aliphatic carbocycles. The Morgan fingerprint density at radius 1 is 1.27 bits per heavy atom. The summed E-state index contributed by atoms with van der Waals surface area (Å²) in [7, 11) is 0. The molecule has 1 aliphatic rings. The first-order valence-corrected chi connectivity index (χ1v) is 8.50. The van der Waals surface area contributed by atoms with Gasteiger partial charge in [0.2, 0.25) is 0 Å². The largest absolute Gasteiger partial charge is 0.394 e. The number of nitrogens with one attached hydrogen (secondary N) is 1. The summed E-state index contributed by atoms with van der Waals surface area (Å²) in [6.45, 7) is 3.36. The summed E-state index contributed by atoms with van der Waals surface area (Å²) in [6, 6.07) is 14.0. The normalized spacial score (nSPS) is 15.2. The summed E-state index contributed by atoms with van der Waals surface area (Å²) < 4.78 is 0. The summed E-state index contributed by atoms with van der Waals surface area (Å²) in [5.74, 6) is -0.561. The van der Waals surface area contributed by atoms with Crippen LogP contribution in [0.3, 0.4) is 0 Å². The third kappa shape index (κ3) is 3.85. The van der Waals surface area contributed by atoms with Gasteiger partial charge in [0, 0.05) is 25.3 Å². The van der Waals surface area contributed by atoms with Crippen molar-refractivity contribution in [2.45, 2.75) is 13.0 Å². The molecule has 0 bridgehead atoms. The van der Waals surface area contributed by atoms with Gasteiger partial charge in [0.1, 0.15) is 11.6 Å². The van der Waals surface area contributed by atoms with Gasteiger partial charge in [-0.1, -0.05) is 18.2 Å². The van der Waals surface area contributed by atoms with Crippen LogP contribution in [0.15, 0.2) is 42.0 Å². The standard InChI is InChI=1S/C20H21N3O3/c1-13(19(10-21)20(26)22-11-18(25)12-24)14-2-3-16-9-17(23-6-7-23)5-4-15(16)8-14/h2-5,8-9,18,24-25H,6-7,11-12H2,1H3,(H,22,26)/b19-13+. The van der Waals surface area contributed by atoms with E-state index in [-0.39, 0.29) is 12.1 Å². The molecule has 1 unspecified atom stereocenters. The van der Waals surface area contributed by atoms with Crippen molar-refractivity contribution in [2.24, 2.45) is 0 Å². The summed E-state index contributed by atoms with van der Waals surface area (Å²) in [5, 5.41) is 32.1. The van der Waals surface area contributed by atoms with Crippen LogP contribution in [0.5, 0.6) is 0 Å². The van der Waals surface area contributed by atoms with E-state index in [9.17, 15) is 15.2 Å². The zero-order valence-corrected chi connectivity index (χ0v) is 14.6. The third-order valence-electron chi connectivity index (χ3n) is 4.49. The van der Waals surface area contributed by atoms with Gasteiger partial charge in [0.25, 0.3) is 5.91 Å². The van der Waals surface area contributed by atoms with E-state index in [0.29, 0.717) is 5.57 Å². The SMILES string of the molecule is C/C(=C(/C#N)C(=O)NCC(O)CO)c1ccc2cc(N3CC3)ccc2c1. The average Bonchev–Trinajstić information content (AvgIpc) is 3.50. The predicted molar refractivity (Wildman–Crippen MR) is 100 cm³/mol. The molecule has 3 rings (SSSR count). The lowest BCUT2D eigenvalue weighted by Crippen LogP contribution is -2.34. The lowest BCUT2D eigenvalue weighted by atomic mass is 9.98. The van der Waals surface area contributed by atoms with E-state index in [1.54, 1.807) is 6.92 Å². The van der Waals surface area contributed by atoms with Crippen LogP contribution in [0.2, 0.25) is 0 Å². The van der Waals surface area contributed by atoms with Crippen LogP contribution in [0.4, 0.5) is 5.69 Å². The molecule has 6 heteroatoms. The van der Waals surface area contributed by atoms with Crippen molar-refractivity contribution in [3.05, 3.63) is 47.5 Å². The van der Waals surface area contributed by atoms with Gasteiger partial charge in [-0.15, -0.1) is 0 Å². The molecule has 6 nitrogen and oxygen atoms in total. The molecular weight excluding hydrogens is 330 g/mol. The maximum atomic E-state index is 12.2. The molecule has 0 radical (unpaired) electrons. The highest BCUT2D eigenvalue weighted by atomic mass is 16.3. The van der Waals surface area contributed by atoms with Gasteiger partial charge < -0.3 is 20.4 Å². The zero-order valence-electron chi connectivity index (χ0n) is 14.6. The minimum absolute atomic E-state index is 0.00444.